The number of ketones is 1. The van der Waals surface area contributed by atoms with Crippen molar-refractivity contribution in [2.75, 3.05) is 37.5 Å². The zero-order valence-corrected chi connectivity index (χ0v) is 23.4. The van der Waals surface area contributed by atoms with Crippen LogP contribution in [-0.4, -0.2) is 58.9 Å². The van der Waals surface area contributed by atoms with Gasteiger partial charge in [0.15, 0.2) is 5.78 Å². The smallest absolute Gasteiger partial charge is 0.277 e. The molecule has 0 aliphatic carbocycles. The highest BCUT2D eigenvalue weighted by atomic mass is 32.1. The van der Waals surface area contributed by atoms with Gasteiger partial charge in [0, 0.05) is 53.3 Å². The molecule has 1 amide bonds. The van der Waals surface area contributed by atoms with Crippen molar-refractivity contribution >= 4 is 45.7 Å². The van der Waals surface area contributed by atoms with Gasteiger partial charge >= 0.3 is 0 Å². The van der Waals surface area contributed by atoms with E-state index in [9.17, 15) is 9.59 Å². The molecular weight excluding hydrogens is 540 g/mol. The molecule has 41 heavy (non-hydrogen) atoms. The molecule has 0 spiro atoms. The lowest BCUT2D eigenvalue weighted by Gasteiger charge is -2.33. The van der Waals surface area contributed by atoms with E-state index in [1.165, 1.54) is 11.3 Å². The van der Waals surface area contributed by atoms with Gasteiger partial charge in [-0.2, -0.15) is 4.98 Å². The van der Waals surface area contributed by atoms with Gasteiger partial charge in [-0.05, 0) is 31.0 Å². The Morgan fingerprint density at radius 2 is 1.66 bits per heavy atom. The average Bonchev–Trinajstić information content (AvgIpc) is 3.68. The van der Waals surface area contributed by atoms with Crippen LogP contribution in [0.15, 0.2) is 66.0 Å². The van der Waals surface area contributed by atoms with Crippen molar-refractivity contribution in [1.29, 1.82) is 0 Å². The SMILES string of the molecule is COc1cc(N2CCC(c3nc(C(=O)Nc4nc5ccc(C(=O)c6ccccc6)cc5[nH]4)cs3)CC2)cc(OC)n1. The van der Waals surface area contributed by atoms with E-state index in [0.717, 1.165) is 36.6 Å². The molecule has 1 fully saturated rings. The fourth-order valence-corrected chi connectivity index (χ4v) is 5.93. The zero-order valence-electron chi connectivity index (χ0n) is 22.6. The van der Waals surface area contributed by atoms with Crippen LogP contribution in [-0.2, 0) is 0 Å². The Kier molecular flexibility index (Phi) is 7.34. The molecule has 2 aromatic carbocycles. The van der Waals surface area contributed by atoms with Crippen molar-refractivity contribution in [3.8, 4) is 11.8 Å². The van der Waals surface area contributed by atoms with Gasteiger partial charge in [-0.1, -0.05) is 30.3 Å². The Morgan fingerprint density at radius 1 is 0.927 bits per heavy atom. The second kappa shape index (κ2) is 11.4. The van der Waals surface area contributed by atoms with E-state index in [1.807, 2.05) is 30.3 Å². The number of carbonyl (C=O) groups is 2. The van der Waals surface area contributed by atoms with E-state index in [1.54, 1.807) is 49.9 Å². The first-order chi connectivity index (χ1) is 20.0. The number of imidazole rings is 1. The van der Waals surface area contributed by atoms with Crippen molar-refractivity contribution in [3.63, 3.8) is 0 Å². The third-order valence-electron chi connectivity index (χ3n) is 7.16. The maximum Gasteiger partial charge on any atom is 0.277 e. The Bertz CT molecular complexity index is 1690. The molecule has 11 heteroatoms. The molecule has 5 aromatic rings. The Labute approximate surface area is 240 Å². The van der Waals surface area contributed by atoms with Crippen LogP contribution < -0.4 is 19.7 Å². The maximum absolute atomic E-state index is 13.0. The first kappa shape index (κ1) is 26.5. The summed E-state index contributed by atoms with van der Waals surface area (Å²) in [6, 6.07) is 18.2. The monoisotopic (exact) mass is 568 g/mol. The van der Waals surface area contributed by atoms with E-state index < -0.39 is 0 Å². The number of anilines is 2. The number of carbonyl (C=O) groups excluding carboxylic acids is 2. The number of piperidine rings is 1. The lowest BCUT2D eigenvalue weighted by molar-refractivity contribution is 0.101. The fourth-order valence-electron chi connectivity index (χ4n) is 4.96. The van der Waals surface area contributed by atoms with Crippen molar-refractivity contribution in [3.05, 3.63) is 87.9 Å². The topological polar surface area (TPSA) is 122 Å². The average molecular weight is 569 g/mol. The standard InChI is InChI=1S/C30H28N6O4S/c1-39-25-15-21(16-26(34-25)40-2)36-12-10-19(11-13-36)29-31-24(17-41-29)28(38)35-30-32-22-9-8-20(14-23(22)33-30)27(37)18-6-4-3-5-7-18/h3-9,14-17,19H,10-13H2,1-2H3,(H2,32,33,35,38). The molecule has 0 saturated carbocycles. The predicted octanol–water partition coefficient (Wildman–Crippen LogP) is 5.30. The van der Waals surface area contributed by atoms with E-state index >= 15 is 0 Å². The minimum atomic E-state index is -0.333. The number of fused-ring (bicyclic) bond motifs is 1. The summed E-state index contributed by atoms with van der Waals surface area (Å²) in [5.41, 5.74) is 3.84. The second-order valence-electron chi connectivity index (χ2n) is 9.71. The summed E-state index contributed by atoms with van der Waals surface area (Å²) in [5, 5.41) is 5.55. The van der Waals surface area contributed by atoms with Crippen LogP contribution in [0.25, 0.3) is 11.0 Å². The molecule has 10 nitrogen and oxygen atoms in total. The van der Waals surface area contributed by atoms with Gasteiger partial charge in [0.05, 0.1) is 30.3 Å². The summed E-state index contributed by atoms with van der Waals surface area (Å²) in [7, 11) is 3.18. The van der Waals surface area contributed by atoms with Gasteiger partial charge in [-0.3, -0.25) is 14.9 Å². The number of hydrogen-bond acceptors (Lipinski definition) is 9. The van der Waals surface area contributed by atoms with Gasteiger partial charge in [0.2, 0.25) is 17.7 Å². The molecule has 1 aliphatic heterocycles. The van der Waals surface area contributed by atoms with Crippen LogP contribution >= 0.6 is 11.3 Å². The Morgan fingerprint density at radius 3 is 2.37 bits per heavy atom. The highest BCUT2D eigenvalue weighted by molar-refractivity contribution is 7.10. The molecule has 3 aromatic heterocycles. The van der Waals surface area contributed by atoms with E-state index in [2.05, 4.69) is 30.2 Å². The molecule has 2 N–H and O–H groups in total. The number of benzene rings is 2. The number of H-pyrrole nitrogens is 1. The van der Waals surface area contributed by atoms with Gasteiger partial charge in [0.25, 0.3) is 5.91 Å². The van der Waals surface area contributed by atoms with Crippen LogP contribution in [0.1, 0.15) is 50.2 Å². The van der Waals surface area contributed by atoms with Crippen LogP contribution in [0.5, 0.6) is 11.8 Å². The second-order valence-corrected chi connectivity index (χ2v) is 10.6. The van der Waals surface area contributed by atoms with Crippen molar-refractivity contribution in [1.82, 2.24) is 19.9 Å². The number of pyridine rings is 1. The van der Waals surface area contributed by atoms with Crippen LogP contribution in [0.3, 0.4) is 0 Å². The van der Waals surface area contributed by atoms with Gasteiger partial charge in [0.1, 0.15) is 5.69 Å². The summed E-state index contributed by atoms with van der Waals surface area (Å²) in [5.74, 6) is 1.20. The first-order valence-electron chi connectivity index (χ1n) is 13.2. The van der Waals surface area contributed by atoms with E-state index in [-0.39, 0.29) is 17.6 Å². The minimum Gasteiger partial charge on any atom is -0.481 e. The summed E-state index contributed by atoms with van der Waals surface area (Å²) < 4.78 is 10.6. The molecule has 208 valence electrons. The van der Waals surface area contributed by atoms with Gasteiger partial charge < -0.3 is 19.4 Å². The van der Waals surface area contributed by atoms with Crippen molar-refractivity contribution < 1.29 is 19.1 Å². The quantitative estimate of drug-likeness (QED) is 0.242. The molecule has 0 atom stereocenters. The number of aromatic amines is 1. The van der Waals surface area contributed by atoms with E-state index in [4.69, 9.17) is 9.47 Å². The Balaban J connectivity index is 1.09. The van der Waals surface area contributed by atoms with Crippen LogP contribution in [0.4, 0.5) is 11.6 Å². The van der Waals surface area contributed by atoms with Crippen LogP contribution in [0.2, 0.25) is 0 Å². The number of methoxy groups -OCH3 is 2. The summed E-state index contributed by atoms with van der Waals surface area (Å²) in [4.78, 5) is 44.6. The molecule has 1 aliphatic rings. The largest absolute Gasteiger partial charge is 0.481 e. The lowest BCUT2D eigenvalue weighted by Crippen LogP contribution is -2.33. The predicted molar refractivity (Wildman–Crippen MR) is 158 cm³/mol. The normalized spacial score (nSPS) is 13.8. The number of nitrogens with zero attached hydrogens (tertiary/aromatic N) is 4. The number of aromatic nitrogens is 4. The molecule has 0 unspecified atom stereocenters. The molecule has 0 radical (unpaired) electrons. The molecule has 6 rings (SSSR count). The number of ether oxygens (including phenoxy) is 2. The molecule has 4 heterocycles. The number of amides is 1. The highest BCUT2D eigenvalue weighted by Gasteiger charge is 2.25. The first-order valence-corrected chi connectivity index (χ1v) is 14.1. The zero-order chi connectivity index (χ0) is 28.3. The molecular formula is C30H28N6O4S. The fraction of sp³-hybridized carbons (Fsp3) is 0.233. The number of hydrogen-bond donors (Lipinski definition) is 2. The summed E-state index contributed by atoms with van der Waals surface area (Å²) in [6.07, 6.45) is 1.82. The number of nitrogens with one attached hydrogen (secondary N) is 2. The third-order valence-corrected chi connectivity index (χ3v) is 8.16. The Hall–Kier alpha value is -4.77. The summed E-state index contributed by atoms with van der Waals surface area (Å²) >= 11 is 1.50. The van der Waals surface area contributed by atoms with Gasteiger partial charge in [-0.25, -0.2) is 9.97 Å². The summed E-state index contributed by atoms with van der Waals surface area (Å²) in [6.45, 7) is 1.69. The van der Waals surface area contributed by atoms with Crippen LogP contribution in [0, 0.1) is 0 Å². The van der Waals surface area contributed by atoms with E-state index in [0.29, 0.717) is 45.6 Å². The van der Waals surface area contributed by atoms with Gasteiger partial charge in [-0.15, -0.1) is 11.3 Å². The number of thiazole rings is 1. The maximum atomic E-state index is 13.0. The molecule has 1 saturated heterocycles. The third kappa shape index (κ3) is 5.62. The van der Waals surface area contributed by atoms with Crippen molar-refractivity contribution in [2.45, 2.75) is 18.8 Å². The molecule has 0 bridgehead atoms. The van der Waals surface area contributed by atoms with Crippen molar-refractivity contribution in [2.24, 2.45) is 0 Å². The highest BCUT2D eigenvalue weighted by Crippen LogP contribution is 2.34. The number of rotatable bonds is 8. The lowest BCUT2D eigenvalue weighted by atomic mass is 9.97. The minimum absolute atomic E-state index is 0.0752.